The fraction of sp³-hybridized carbons (Fsp3) is 0.500. The number of nitrogens with zero attached hydrogens (tertiary/aromatic N) is 2. The lowest BCUT2D eigenvalue weighted by Gasteiger charge is -2.35. The number of anilines is 1. The number of aromatic amines is 1. The van der Waals surface area contributed by atoms with Gasteiger partial charge >= 0.3 is 0 Å². The van der Waals surface area contributed by atoms with Gasteiger partial charge in [-0.15, -0.1) is 11.3 Å². The molecule has 33 heavy (non-hydrogen) atoms. The minimum absolute atomic E-state index is 0.0760. The molecule has 1 saturated carbocycles. The Labute approximate surface area is 198 Å². The molecule has 1 aromatic carbocycles. The molecule has 1 aliphatic carbocycles. The highest BCUT2D eigenvalue weighted by Crippen LogP contribution is 2.32. The maximum absolute atomic E-state index is 13.1. The molecule has 1 amide bonds. The molecular formula is C26H32N4O2S. The summed E-state index contributed by atoms with van der Waals surface area (Å²) in [7, 11) is 0. The number of H-pyrrole nitrogens is 1. The number of hydrogen-bond donors (Lipinski definition) is 2. The first kappa shape index (κ1) is 22.1. The first-order valence-corrected chi connectivity index (χ1v) is 13.0. The Hall–Kier alpha value is -2.67. The van der Waals surface area contributed by atoms with Crippen LogP contribution in [0, 0.1) is 18.8 Å². The molecule has 2 aliphatic rings. The molecule has 174 valence electrons. The van der Waals surface area contributed by atoms with Crippen LogP contribution in [0.25, 0.3) is 21.3 Å². The molecule has 0 spiro atoms. The molecule has 6 nitrogen and oxygen atoms in total. The molecule has 3 atom stereocenters. The third kappa shape index (κ3) is 4.56. The summed E-state index contributed by atoms with van der Waals surface area (Å²) in [6.45, 7) is 5.69. The van der Waals surface area contributed by atoms with E-state index in [0.29, 0.717) is 29.2 Å². The zero-order chi connectivity index (χ0) is 22.9. The van der Waals surface area contributed by atoms with Gasteiger partial charge in [0.25, 0.3) is 5.56 Å². The predicted molar refractivity (Wildman–Crippen MR) is 135 cm³/mol. The van der Waals surface area contributed by atoms with Gasteiger partial charge in [0.2, 0.25) is 11.9 Å². The van der Waals surface area contributed by atoms with Gasteiger partial charge in [-0.05, 0) is 44.1 Å². The lowest BCUT2D eigenvalue weighted by molar-refractivity contribution is -0.126. The van der Waals surface area contributed by atoms with Crippen LogP contribution in [0.4, 0.5) is 5.95 Å². The van der Waals surface area contributed by atoms with E-state index >= 15 is 0 Å². The van der Waals surface area contributed by atoms with Gasteiger partial charge in [0.15, 0.2) is 0 Å². The zero-order valence-corrected chi connectivity index (χ0v) is 20.2. The van der Waals surface area contributed by atoms with E-state index in [0.717, 1.165) is 42.5 Å². The van der Waals surface area contributed by atoms with Gasteiger partial charge < -0.3 is 10.2 Å². The molecule has 0 unspecified atom stereocenters. The number of aryl methyl sites for hydroxylation is 1. The predicted octanol–water partition coefficient (Wildman–Crippen LogP) is 4.87. The maximum atomic E-state index is 13.1. The first-order valence-electron chi connectivity index (χ1n) is 12.1. The summed E-state index contributed by atoms with van der Waals surface area (Å²) in [6, 6.07) is 8.60. The maximum Gasteiger partial charge on any atom is 0.270 e. The molecule has 5 rings (SSSR count). The lowest BCUT2D eigenvalue weighted by atomic mass is 9.85. The molecular weight excluding hydrogens is 432 g/mol. The molecule has 2 N–H and O–H groups in total. The summed E-state index contributed by atoms with van der Waals surface area (Å²) in [4.78, 5) is 35.9. The molecule has 0 bridgehead atoms. The third-order valence-electron chi connectivity index (χ3n) is 7.31. The summed E-state index contributed by atoms with van der Waals surface area (Å²) >= 11 is 1.43. The van der Waals surface area contributed by atoms with Crippen molar-refractivity contribution in [1.82, 2.24) is 15.3 Å². The van der Waals surface area contributed by atoms with Crippen molar-refractivity contribution in [2.45, 2.75) is 58.4 Å². The minimum Gasteiger partial charge on any atom is -0.353 e. The van der Waals surface area contributed by atoms with E-state index in [1.807, 2.05) is 5.38 Å². The Balaban J connectivity index is 1.38. The highest BCUT2D eigenvalue weighted by Gasteiger charge is 2.30. The average molecular weight is 465 g/mol. The van der Waals surface area contributed by atoms with Crippen molar-refractivity contribution in [3.8, 4) is 11.1 Å². The topological polar surface area (TPSA) is 78.1 Å². The van der Waals surface area contributed by atoms with Crippen LogP contribution in [0.2, 0.25) is 0 Å². The summed E-state index contributed by atoms with van der Waals surface area (Å²) in [5.74, 6) is 1.19. The van der Waals surface area contributed by atoms with Crippen LogP contribution in [-0.2, 0) is 4.79 Å². The Morgan fingerprint density at radius 1 is 1.15 bits per heavy atom. The van der Waals surface area contributed by atoms with Crippen molar-refractivity contribution in [1.29, 1.82) is 0 Å². The number of rotatable bonds is 4. The second-order valence-corrected chi connectivity index (χ2v) is 10.6. The van der Waals surface area contributed by atoms with Gasteiger partial charge in [0.05, 0.1) is 11.4 Å². The van der Waals surface area contributed by atoms with Gasteiger partial charge in [0.1, 0.15) is 4.70 Å². The Morgan fingerprint density at radius 3 is 2.73 bits per heavy atom. The molecule has 3 aromatic rings. The Bertz CT molecular complexity index is 1200. The fourth-order valence-corrected chi connectivity index (χ4v) is 6.13. The SMILES string of the molecule is Cc1ccc(-c2csc3c(=O)[nH]c(N4CCC[C@H](C(=O)N[C@@H]5CCCC[C@@H]5C)C4)nc23)cc1. The standard InChI is InChI=1S/C26H32N4O2S/c1-16-9-11-18(12-10-16)20-15-33-23-22(20)28-26(29-25(23)32)30-13-5-7-19(14-30)24(31)27-21-8-4-3-6-17(21)2/h9-12,15,17,19,21H,3-8,13-14H2,1-2H3,(H,27,31)(H,28,29,32)/t17-,19-,21+/m0/s1. The van der Waals surface area contributed by atoms with E-state index in [-0.39, 0.29) is 17.4 Å². The van der Waals surface area contributed by atoms with Gasteiger partial charge in [0, 0.05) is 30.1 Å². The smallest absolute Gasteiger partial charge is 0.270 e. The molecule has 1 saturated heterocycles. The molecule has 0 radical (unpaired) electrons. The summed E-state index contributed by atoms with van der Waals surface area (Å²) < 4.78 is 0.645. The van der Waals surface area contributed by atoms with Crippen LogP contribution < -0.4 is 15.8 Å². The summed E-state index contributed by atoms with van der Waals surface area (Å²) in [5.41, 5.74) is 3.88. The number of amides is 1. The van der Waals surface area contributed by atoms with Crippen LogP contribution >= 0.6 is 11.3 Å². The summed E-state index contributed by atoms with van der Waals surface area (Å²) in [6.07, 6.45) is 6.52. The normalized spacial score (nSPS) is 23.6. The Morgan fingerprint density at radius 2 is 1.94 bits per heavy atom. The van der Waals surface area contributed by atoms with Crippen LogP contribution in [0.1, 0.15) is 51.0 Å². The van der Waals surface area contributed by atoms with E-state index < -0.39 is 0 Å². The largest absolute Gasteiger partial charge is 0.353 e. The van der Waals surface area contributed by atoms with Gasteiger partial charge in [-0.25, -0.2) is 4.98 Å². The average Bonchev–Trinajstić information content (AvgIpc) is 3.26. The van der Waals surface area contributed by atoms with Crippen molar-refractivity contribution in [2.75, 3.05) is 18.0 Å². The molecule has 1 aliphatic heterocycles. The van der Waals surface area contributed by atoms with Crippen LogP contribution in [0.3, 0.4) is 0 Å². The highest BCUT2D eigenvalue weighted by atomic mass is 32.1. The van der Waals surface area contributed by atoms with Crippen molar-refractivity contribution >= 4 is 33.4 Å². The van der Waals surface area contributed by atoms with Crippen molar-refractivity contribution in [3.05, 3.63) is 45.6 Å². The number of aromatic nitrogens is 2. The van der Waals surface area contributed by atoms with Gasteiger partial charge in [-0.2, -0.15) is 0 Å². The van der Waals surface area contributed by atoms with Crippen LogP contribution in [0.5, 0.6) is 0 Å². The van der Waals surface area contributed by atoms with Crippen LogP contribution in [-0.4, -0.2) is 35.0 Å². The number of nitrogens with one attached hydrogen (secondary N) is 2. The zero-order valence-electron chi connectivity index (χ0n) is 19.4. The van der Waals surface area contributed by atoms with Gasteiger partial charge in [-0.1, -0.05) is 49.6 Å². The number of benzene rings is 1. The molecule has 2 fully saturated rings. The van der Waals surface area contributed by atoms with E-state index in [2.05, 4.69) is 53.3 Å². The monoisotopic (exact) mass is 464 g/mol. The van der Waals surface area contributed by atoms with Crippen molar-refractivity contribution < 1.29 is 4.79 Å². The summed E-state index contributed by atoms with van der Waals surface area (Å²) in [5, 5.41) is 5.34. The Kier molecular flexibility index (Phi) is 6.23. The van der Waals surface area contributed by atoms with Gasteiger partial charge in [-0.3, -0.25) is 14.6 Å². The first-order chi connectivity index (χ1) is 16.0. The highest BCUT2D eigenvalue weighted by molar-refractivity contribution is 7.17. The van der Waals surface area contributed by atoms with E-state index in [1.54, 1.807) is 0 Å². The second-order valence-electron chi connectivity index (χ2n) is 9.74. The minimum atomic E-state index is -0.110. The molecule has 2 aromatic heterocycles. The molecule has 3 heterocycles. The number of fused-ring (bicyclic) bond motifs is 1. The van der Waals surface area contributed by atoms with E-state index in [4.69, 9.17) is 4.98 Å². The number of carbonyl (C=O) groups excluding carboxylic acids is 1. The fourth-order valence-electron chi connectivity index (χ4n) is 5.22. The van der Waals surface area contributed by atoms with Crippen molar-refractivity contribution in [3.63, 3.8) is 0 Å². The van der Waals surface area contributed by atoms with E-state index in [9.17, 15) is 9.59 Å². The van der Waals surface area contributed by atoms with Crippen LogP contribution in [0.15, 0.2) is 34.4 Å². The number of hydrogen-bond acceptors (Lipinski definition) is 5. The van der Waals surface area contributed by atoms with Crippen molar-refractivity contribution in [2.24, 2.45) is 11.8 Å². The third-order valence-corrected chi connectivity index (χ3v) is 8.28. The number of carbonyl (C=O) groups is 1. The second kappa shape index (κ2) is 9.29. The van der Waals surface area contributed by atoms with E-state index in [1.165, 1.54) is 36.2 Å². The number of piperidine rings is 1. The lowest BCUT2D eigenvalue weighted by Crippen LogP contribution is -2.48. The number of thiophene rings is 1. The molecule has 7 heteroatoms. The quantitative estimate of drug-likeness (QED) is 0.577.